The van der Waals surface area contributed by atoms with Gasteiger partial charge in [-0.2, -0.15) is 0 Å². The number of aromatic nitrogens is 9. The molecule has 0 saturated carbocycles. The van der Waals surface area contributed by atoms with Gasteiger partial charge in [-0.1, -0.05) is 161 Å². The van der Waals surface area contributed by atoms with Crippen molar-refractivity contribution in [3.05, 3.63) is 256 Å². The maximum atomic E-state index is 14.4. The van der Waals surface area contributed by atoms with Crippen LogP contribution >= 0.6 is 11.6 Å². The van der Waals surface area contributed by atoms with Gasteiger partial charge in [-0.3, -0.25) is 33.3 Å². The molecule has 1 aliphatic rings. The van der Waals surface area contributed by atoms with Gasteiger partial charge in [-0.25, -0.2) is 51.6 Å². The van der Waals surface area contributed by atoms with Gasteiger partial charge in [0, 0.05) is 27.9 Å². The molecule has 6 aromatic carbocycles. The van der Waals surface area contributed by atoms with E-state index in [1.165, 1.54) is 27.3 Å². The Labute approximate surface area is 522 Å². The van der Waals surface area contributed by atoms with Crippen LogP contribution in [0.15, 0.2) is 176 Å². The van der Waals surface area contributed by atoms with E-state index in [1.54, 1.807) is 84.4 Å². The molecule has 0 unspecified atom stereocenters. The Morgan fingerprint density at radius 3 is 1.32 bits per heavy atom. The molecular formula is C71H69ClF4N10O4. The van der Waals surface area contributed by atoms with Crippen LogP contribution in [0.25, 0.3) is 60.8 Å². The van der Waals surface area contributed by atoms with Crippen LogP contribution in [-0.2, 0) is 21.7 Å². The van der Waals surface area contributed by atoms with Crippen molar-refractivity contribution in [1.82, 2.24) is 43.2 Å². The Bertz CT molecular complexity index is 4890. The molecule has 0 radical (unpaired) electrons. The second kappa shape index (κ2) is 25.1. The molecule has 462 valence electrons. The largest absolute Gasteiger partial charge is 0.270 e. The fourth-order valence-electron chi connectivity index (χ4n) is 10.2. The summed E-state index contributed by atoms with van der Waals surface area (Å²) in [5.74, 6) is 0.549. The minimum atomic E-state index is -0.794. The van der Waals surface area contributed by atoms with Crippen molar-refractivity contribution in [2.24, 2.45) is 4.99 Å². The predicted octanol–water partition coefficient (Wildman–Crippen LogP) is 14.8. The lowest BCUT2D eigenvalue weighted by molar-refractivity contribution is 0.505. The molecule has 12 rings (SSSR count). The minimum absolute atomic E-state index is 0.00787. The fraction of sp³-hybridized carbons (Fsp3) is 0.268. The van der Waals surface area contributed by atoms with Crippen LogP contribution in [0.5, 0.6) is 0 Å². The number of rotatable bonds is 3. The number of nitrogens with zero attached hydrogens (tertiary/aromatic N) is 10. The standard InChI is InChI=1S/C19H18F2N2O.C19H19FN2O.C17H16ClN3O.C16H16FN3O/c1-11-7-5-10-14-15(11)17(24)23(18(22-14)19(2,3)4)16-12(20)8-6-9-13(16)21;1-12-8-10-13(11-9-12)22-17(23)16-14(20)6-5-7-15(16)21-18(22)19(2,3)4;1-17(2,3)16-20-12-8-6-7-11(18)14(12)15(22)21(16)13-9-4-5-10-19-13;1-16(2,3)15-19-11-7-4-6-10(17)13(11)14(21)20(15)12-8-5-9-18-12/h5-10H,1-4H3;5-11H,1-4H3;4-10H,1-3H3;4-8H,9H2,1-3H3. The van der Waals surface area contributed by atoms with Crippen molar-refractivity contribution in [2.75, 3.05) is 6.54 Å². The number of halogens is 5. The molecule has 90 heavy (non-hydrogen) atoms. The molecule has 0 atom stereocenters. The monoisotopic (exact) mass is 1240 g/mol. The molecule has 19 heteroatoms. The third-order valence-electron chi connectivity index (χ3n) is 14.5. The van der Waals surface area contributed by atoms with Gasteiger partial charge in [-0.05, 0) is 104 Å². The number of fused-ring (bicyclic) bond motifs is 4. The number of para-hydroxylation sites is 1. The van der Waals surface area contributed by atoms with E-state index in [0.717, 1.165) is 27.8 Å². The summed E-state index contributed by atoms with van der Waals surface area (Å²) in [6.07, 6.45) is 5.29. The van der Waals surface area contributed by atoms with Crippen molar-refractivity contribution in [2.45, 2.75) is 119 Å². The molecule has 0 amide bonds. The fourth-order valence-corrected chi connectivity index (χ4v) is 10.5. The van der Waals surface area contributed by atoms with Crippen LogP contribution in [-0.4, -0.2) is 55.6 Å². The van der Waals surface area contributed by atoms with Crippen LogP contribution in [0, 0.1) is 37.1 Å². The zero-order chi connectivity index (χ0) is 65.5. The molecule has 0 spiro atoms. The lowest BCUT2D eigenvalue weighted by Gasteiger charge is -2.24. The number of aryl methyl sites for hydroxylation is 2. The Morgan fingerprint density at radius 2 is 0.833 bits per heavy atom. The first kappa shape index (κ1) is 64.9. The molecular weight excluding hydrogens is 1170 g/mol. The van der Waals surface area contributed by atoms with Crippen LogP contribution < -0.4 is 22.2 Å². The average Bonchev–Trinajstić information content (AvgIpc) is 0.882. The van der Waals surface area contributed by atoms with E-state index in [2.05, 4.69) is 29.9 Å². The summed E-state index contributed by atoms with van der Waals surface area (Å²) in [6, 6.07) is 36.3. The van der Waals surface area contributed by atoms with Gasteiger partial charge < -0.3 is 0 Å². The number of benzene rings is 6. The third kappa shape index (κ3) is 13.1. The van der Waals surface area contributed by atoms with Crippen LogP contribution in [0.1, 0.15) is 118 Å². The first-order valence-corrected chi connectivity index (χ1v) is 29.5. The Kier molecular flexibility index (Phi) is 18.1. The van der Waals surface area contributed by atoms with Gasteiger partial charge in [0.1, 0.15) is 74.7 Å². The highest BCUT2D eigenvalue weighted by Gasteiger charge is 2.30. The Balaban J connectivity index is 0.000000142. The second-order valence-electron chi connectivity index (χ2n) is 25.9. The second-order valence-corrected chi connectivity index (χ2v) is 26.3. The normalized spacial score (nSPS) is 12.5. The minimum Gasteiger partial charge on any atom is -0.268 e. The number of pyridine rings is 1. The summed E-state index contributed by atoms with van der Waals surface area (Å²) in [4.78, 5) is 78.8. The quantitative estimate of drug-likeness (QED) is 0.157. The summed E-state index contributed by atoms with van der Waals surface area (Å²) < 4.78 is 62.5. The Morgan fingerprint density at radius 1 is 0.422 bits per heavy atom. The first-order valence-electron chi connectivity index (χ1n) is 29.1. The smallest absolute Gasteiger partial charge is 0.268 e. The summed E-state index contributed by atoms with van der Waals surface area (Å²) in [6.45, 7) is 27.8. The van der Waals surface area contributed by atoms with E-state index >= 15 is 0 Å². The van der Waals surface area contributed by atoms with Gasteiger partial charge in [-0.15, -0.1) is 0 Å². The van der Waals surface area contributed by atoms with Crippen molar-refractivity contribution >= 4 is 61.0 Å². The van der Waals surface area contributed by atoms with E-state index in [0.29, 0.717) is 85.0 Å². The SMILES string of the molecule is CC(C)(C)c1nc2cccc(Cl)c2c(=O)n1-c1ccccn1.CC(C)(C)c1nc2cccc(F)c2c(=O)n1C1=NCC=C1.Cc1ccc(-n2c(C(C)(C)C)nc3cccc(F)c3c2=O)cc1.Cc1cccc2nc(C(C)(C)C)n(-c3c(F)cccc3F)c(=O)c12. The molecule has 14 nitrogen and oxygen atoms in total. The van der Waals surface area contributed by atoms with E-state index in [4.69, 9.17) is 11.6 Å². The molecule has 11 aromatic rings. The number of hydrogen-bond acceptors (Lipinski definition) is 10. The lowest BCUT2D eigenvalue weighted by Crippen LogP contribution is -2.35. The summed E-state index contributed by atoms with van der Waals surface area (Å²) in [5.41, 5.74) is 0.978. The van der Waals surface area contributed by atoms with Crippen molar-refractivity contribution in [3.63, 3.8) is 0 Å². The summed E-state index contributed by atoms with van der Waals surface area (Å²) in [7, 11) is 0. The van der Waals surface area contributed by atoms with E-state index in [9.17, 15) is 36.7 Å². The molecule has 0 aliphatic carbocycles. The molecule has 6 heterocycles. The van der Waals surface area contributed by atoms with Crippen molar-refractivity contribution in [1.29, 1.82) is 0 Å². The van der Waals surface area contributed by atoms with Crippen LogP contribution in [0.2, 0.25) is 5.02 Å². The maximum Gasteiger partial charge on any atom is 0.270 e. The highest BCUT2D eigenvalue weighted by atomic mass is 35.5. The van der Waals surface area contributed by atoms with E-state index < -0.39 is 39.8 Å². The average molecular weight is 1240 g/mol. The van der Waals surface area contributed by atoms with Gasteiger partial charge in [0.05, 0.1) is 50.1 Å². The number of allylic oxidation sites excluding steroid dienone is 1. The molecule has 0 bridgehead atoms. The van der Waals surface area contributed by atoms with Gasteiger partial charge in [0.25, 0.3) is 22.2 Å². The first-order chi connectivity index (χ1) is 42.3. The molecule has 5 aromatic heterocycles. The lowest BCUT2D eigenvalue weighted by atomic mass is 9.94. The van der Waals surface area contributed by atoms with Crippen molar-refractivity contribution < 1.29 is 17.6 Å². The predicted molar refractivity (Wildman–Crippen MR) is 352 cm³/mol. The third-order valence-corrected chi connectivity index (χ3v) is 14.8. The zero-order valence-corrected chi connectivity index (χ0v) is 53.4. The van der Waals surface area contributed by atoms with E-state index in [1.807, 2.05) is 139 Å². The maximum absolute atomic E-state index is 14.4. The molecule has 1 aliphatic heterocycles. The van der Waals surface area contributed by atoms with Gasteiger partial charge >= 0.3 is 0 Å². The number of hydrogen-bond donors (Lipinski definition) is 0. The Hall–Kier alpha value is -9.55. The number of aliphatic imine (C=N–C) groups is 1. The zero-order valence-electron chi connectivity index (χ0n) is 52.6. The van der Waals surface area contributed by atoms with Crippen molar-refractivity contribution in [3.8, 4) is 17.2 Å². The van der Waals surface area contributed by atoms with E-state index in [-0.39, 0.29) is 43.8 Å². The summed E-state index contributed by atoms with van der Waals surface area (Å²) >= 11 is 6.21. The van der Waals surface area contributed by atoms with Crippen LogP contribution in [0.3, 0.4) is 0 Å². The highest BCUT2D eigenvalue weighted by molar-refractivity contribution is 6.35. The molecule has 0 fully saturated rings. The topological polar surface area (TPSA) is 165 Å². The van der Waals surface area contributed by atoms with Gasteiger partial charge in [0.15, 0.2) is 0 Å². The molecule has 0 N–H and O–H groups in total. The molecule has 0 saturated heterocycles. The van der Waals surface area contributed by atoms with Gasteiger partial charge in [0.2, 0.25) is 0 Å². The summed E-state index contributed by atoms with van der Waals surface area (Å²) in [5, 5.41) is 1.23. The highest BCUT2D eigenvalue weighted by Crippen LogP contribution is 2.30. The van der Waals surface area contributed by atoms with Crippen LogP contribution in [0.4, 0.5) is 17.6 Å².